The second kappa shape index (κ2) is 10.0. The first-order valence-electron chi connectivity index (χ1n) is 9.06. The minimum absolute atomic E-state index is 0.0137. The van der Waals surface area contributed by atoms with Gasteiger partial charge < -0.3 is 10.1 Å². The fourth-order valence-corrected chi connectivity index (χ4v) is 3.23. The van der Waals surface area contributed by atoms with Crippen molar-refractivity contribution in [2.45, 2.75) is 46.1 Å². The predicted octanol–water partition coefficient (Wildman–Crippen LogP) is 3.48. The van der Waals surface area contributed by atoms with Crippen LogP contribution in [0.5, 0.6) is 5.75 Å². The molecule has 7 nitrogen and oxygen atoms in total. The van der Waals surface area contributed by atoms with E-state index in [9.17, 15) is 9.59 Å². The first-order chi connectivity index (χ1) is 13.0. The van der Waals surface area contributed by atoms with Crippen molar-refractivity contribution in [3.63, 3.8) is 0 Å². The van der Waals surface area contributed by atoms with E-state index in [1.165, 1.54) is 11.3 Å². The summed E-state index contributed by atoms with van der Waals surface area (Å²) in [5.74, 6) is 0.385. The quantitative estimate of drug-likeness (QED) is 0.684. The largest absolute Gasteiger partial charge is 0.497 e. The number of rotatable bonds is 9. The molecule has 8 heteroatoms. The van der Waals surface area contributed by atoms with Crippen molar-refractivity contribution < 1.29 is 14.3 Å². The summed E-state index contributed by atoms with van der Waals surface area (Å²) in [4.78, 5) is 24.6. The summed E-state index contributed by atoms with van der Waals surface area (Å²) in [6.45, 7) is 5.86. The third-order valence-electron chi connectivity index (χ3n) is 4.28. The fraction of sp³-hybridized carbons (Fsp3) is 0.474. The van der Waals surface area contributed by atoms with Gasteiger partial charge >= 0.3 is 0 Å². The average Bonchev–Trinajstić information content (AvgIpc) is 3.14. The molecular formula is C19H26N4O3S. The Kier molecular flexibility index (Phi) is 7.72. The Morgan fingerprint density at radius 2 is 1.89 bits per heavy atom. The van der Waals surface area contributed by atoms with Crippen molar-refractivity contribution in [1.29, 1.82) is 0 Å². The number of amides is 2. The van der Waals surface area contributed by atoms with Crippen LogP contribution in [-0.4, -0.2) is 35.2 Å². The lowest BCUT2D eigenvalue weighted by molar-refractivity contribution is -0.127. The molecule has 2 amide bonds. The highest BCUT2D eigenvalue weighted by Gasteiger charge is 2.26. The first kappa shape index (κ1) is 20.8. The zero-order valence-corrected chi connectivity index (χ0v) is 16.9. The molecule has 2 rings (SSSR count). The number of anilines is 1. The monoisotopic (exact) mass is 390 g/mol. The van der Waals surface area contributed by atoms with Crippen LogP contribution in [0.15, 0.2) is 24.3 Å². The van der Waals surface area contributed by atoms with Crippen molar-refractivity contribution in [3.05, 3.63) is 24.3 Å². The Balaban J connectivity index is 2.08. The number of carbonyl (C=O) groups excluding carboxylic acids is 2. The summed E-state index contributed by atoms with van der Waals surface area (Å²) in [5.41, 5.74) is 0.892. The predicted molar refractivity (Wildman–Crippen MR) is 107 cm³/mol. The molecule has 0 saturated heterocycles. The molecule has 0 saturated carbocycles. The fourth-order valence-electron chi connectivity index (χ4n) is 2.48. The van der Waals surface area contributed by atoms with E-state index in [1.54, 1.807) is 7.11 Å². The summed E-state index contributed by atoms with van der Waals surface area (Å²) in [5, 5.41) is 14.9. The number of hydrogen-bond acceptors (Lipinski definition) is 6. The van der Waals surface area contributed by atoms with Gasteiger partial charge in [-0.2, -0.15) is 0 Å². The van der Waals surface area contributed by atoms with E-state index in [2.05, 4.69) is 20.8 Å². The zero-order chi connectivity index (χ0) is 19.8. The highest BCUT2D eigenvalue weighted by atomic mass is 32.1. The van der Waals surface area contributed by atoms with Gasteiger partial charge in [0, 0.05) is 12.0 Å². The molecule has 0 spiro atoms. The van der Waals surface area contributed by atoms with Crippen LogP contribution in [0, 0.1) is 5.92 Å². The van der Waals surface area contributed by atoms with Gasteiger partial charge in [-0.25, -0.2) is 0 Å². The van der Waals surface area contributed by atoms with Crippen molar-refractivity contribution in [1.82, 2.24) is 15.5 Å². The van der Waals surface area contributed by atoms with Crippen LogP contribution in [0.1, 0.15) is 40.0 Å². The Morgan fingerprint density at radius 1 is 1.19 bits per heavy atom. The Bertz CT molecular complexity index is 761. The van der Waals surface area contributed by atoms with Gasteiger partial charge in [-0.15, -0.1) is 10.2 Å². The lowest BCUT2D eigenvalue weighted by Crippen LogP contribution is -2.47. The van der Waals surface area contributed by atoms with Gasteiger partial charge in [-0.05, 0) is 36.6 Å². The van der Waals surface area contributed by atoms with E-state index in [1.807, 2.05) is 45.0 Å². The lowest BCUT2D eigenvalue weighted by Gasteiger charge is -2.22. The SMILES string of the molecule is CCCC(=O)N[C@H](C(=O)Nc1nnc(-c2ccc(OC)cc2)s1)[C@H](C)CC. The van der Waals surface area contributed by atoms with E-state index in [0.29, 0.717) is 16.6 Å². The van der Waals surface area contributed by atoms with Crippen LogP contribution in [0.4, 0.5) is 5.13 Å². The summed E-state index contributed by atoms with van der Waals surface area (Å²) in [6.07, 6.45) is 1.92. The van der Waals surface area contributed by atoms with Crippen LogP contribution in [0.3, 0.4) is 0 Å². The van der Waals surface area contributed by atoms with Crippen molar-refractivity contribution in [3.8, 4) is 16.3 Å². The molecule has 1 aromatic carbocycles. The lowest BCUT2D eigenvalue weighted by atomic mass is 9.98. The third-order valence-corrected chi connectivity index (χ3v) is 5.17. The molecule has 0 aliphatic heterocycles. The molecule has 0 unspecified atom stereocenters. The van der Waals surface area contributed by atoms with Crippen LogP contribution < -0.4 is 15.4 Å². The summed E-state index contributed by atoms with van der Waals surface area (Å²) < 4.78 is 5.15. The summed E-state index contributed by atoms with van der Waals surface area (Å²) in [7, 11) is 1.61. The van der Waals surface area contributed by atoms with Crippen molar-refractivity contribution >= 4 is 28.3 Å². The van der Waals surface area contributed by atoms with E-state index < -0.39 is 6.04 Å². The van der Waals surface area contributed by atoms with Crippen LogP contribution >= 0.6 is 11.3 Å². The smallest absolute Gasteiger partial charge is 0.249 e. The average molecular weight is 391 g/mol. The number of nitrogens with zero attached hydrogens (tertiary/aromatic N) is 2. The molecule has 1 aromatic heterocycles. The maximum absolute atomic E-state index is 12.7. The molecule has 0 fully saturated rings. The Labute approximate surface area is 163 Å². The zero-order valence-electron chi connectivity index (χ0n) is 16.1. The van der Waals surface area contributed by atoms with Gasteiger partial charge in [0.1, 0.15) is 16.8 Å². The van der Waals surface area contributed by atoms with E-state index >= 15 is 0 Å². The highest BCUT2D eigenvalue weighted by molar-refractivity contribution is 7.18. The molecule has 2 aromatic rings. The first-order valence-corrected chi connectivity index (χ1v) is 9.88. The minimum atomic E-state index is -0.595. The topological polar surface area (TPSA) is 93.2 Å². The molecule has 1 heterocycles. The maximum atomic E-state index is 12.7. The number of ether oxygens (including phenoxy) is 1. The van der Waals surface area contributed by atoms with Crippen molar-refractivity contribution in [2.75, 3.05) is 12.4 Å². The number of nitrogens with one attached hydrogen (secondary N) is 2. The van der Waals surface area contributed by atoms with Crippen LogP contribution in [0.25, 0.3) is 10.6 Å². The van der Waals surface area contributed by atoms with Gasteiger partial charge in [0.15, 0.2) is 0 Å². The number of aromatic nitrogens is 2. The Hall–Kier alpha value is -2.48. The van der Waals surface area contributed by atoms with Gasteiger partial charge in [-0.3, -0.25) is 14.9 Å². The minimum Gasteiger partial charge on any atom is -0.497 e. The standard InChI is InChI=1S/C19H26N4O3S/c1-5-7-15(24)20-16(12(3)6-2)17(25)21-19-23-22-18(27-19)13-8-10-14(26-4)11-9-13/h8-12,16H,5-7H2,1-4H3,(H,20,24)(H,21,23,25)/t12-,16+/m1/s1. The van der Waals surface area contributed by atoms with Gasteiger partial charge in [-0.1, -0.05) is 38.5 Å². The third kappa shape index (κ3) is 5.75. The van der Waals surface area contributed by atoms with E-state index in [-0.39, 0.29) is 17.7 Å². The molecule has 146 valence electrons. The molecule has 0 aliphatic rings. The molecule has 0 bridgehead atoms. The normalized spacial score (nSPS) is 12.9. The van der Waals surface area contributed by atoms with Crippen LogP contribution in [0.2, 0.25) is 0 Å². The summed E-state index contributed by atoms with van der Waals surface area (Å²) in [6, 6.07) is 6.87. The van der Waals surface area contributed by atoms with E-state index in [4.69, 9.17) is 4.74 Å². The second-order valence-corrected chi connectivity index (χ2v) is 7.29. The van der Waals surface area contributed by atoms with Gasteiger partial charge in [0.25, 0.3) is 0 Å². The van der Waals surface area contributed by atoms with Gasteiger partial charge in [0.05, 0.1) is 7.11 Å². The second-order valence-electron chi connectivity index (χ2n) is 6.31. The van der Waals surface area contributed by atoms with Gasteiger partial charge in [0.2, 0.25) is 16.9 Å². The number of methoxy groups -OCH3 is 1. The number of hydrogen-bond donors (Lipinski definition) is 2. The molecule has 0 radical (unpaired) electrons. The van der Waals surface area contributed by atoms with Crippen LogP contribution in [-0.2, 0) is 9.59 Å². The molecule has 0 aliphatic carbocycles. The molecule has 2 N–H and O–H groups in total. The number of benzene rings is 1. The number of carbonyl (C=O) groups is 2. The highest BCUT2D eigenvalue weighted by Crippen LogP contribution is 2.28. The summed E-state index contributed by atoms with van der Waals surface area (Å²) >= 11 is 1.29. The van der Waals surface area contributed by atoms with E-state index in [0.717, 1.165) is 24.2 Å². The molecule has 2 atom stereocenters. The van der Waals surface area contributed by atoms with Crippen molar-refractivity contribution in [2.24, 2.45) is 5.92 Å². The maximum Gasteiger partial charge on any atom is 0.249 e. The molecule has 27 heavy (non-hydrogen) atoms. The Morgan fingerprint density at radius 3 is 2.48 bits per heavy atom. The molecular weight excluding hydrogens is 364 g/mol.